The molecular formula is C53H67F4N9O8. The number of aromatic nitrogens is 3. The van der Waals surface area contributed by atoms with Gasteiger partial charge >= 0.3 is 24.0 Å². The first-order valence-electron chi connectivity index (χ1n) is 24.7. The zero-order chi connectivity index (χ0) is 54.2. The first-order chi connectivity index (χ1) is 34.7. The Morgan fingerprint density at radius 1 is 0.811 bits per heavy atom. The fourth-order valence-electron chi connectivity index (χ4n) is 8.86. The smallest absolute Gasteiger partial charge is 0.410 e. The number of amides is 5. The summed E-state index contributed by atoms with van der Waals surface area (Å²) in [5.74, 6) is -15.0. The van der Waals surface area contributed by atoms with Gasteiger partial charge in [-0.25, -0.2) is 14.6 Å². The summed E-state index contributed by atoms with van der Waals surface area (Å²) in [6.45, 7) is 14.0. The number of H-pyrrole nitrogens is 1. The van der Waals surface area contributed by atoms with E-state index < -0.39 is 52.3 Å². The van der Waals surface area contributed by atoms with E-state index >= 15 is 0 Å². The molecule has 1 saturated carbocycles. The van der Waals surface area contributed by atoms with Crippen LogP contribution in [-0.2, 0) is 36.2 Å². The number of alkyl carbamates (subject to hydrolysis) is 1. The van der Waals surface area contributed by atoms with Crippen LogP contribution in [0, 0.1) is 18.8 Å². The number of benzene rings is 3. The van der Waals surface area contributed by atoms with Gasteiger partial charge in [0.15, 0.2) is 5.82 Å². The number of aryl methyl sites for hydroxylation is 1. The maximum atomic E-state index is 14.7. The van der Waals surface area contributed by atoms with E-state index in [1.165, 1.54) is 29.6 Å². The van der Waals surface area contributed by atoms with Gasteiger partial charge in [0.05, 0.1) is 0 Å². The molecule has 2 fully saturated rings. The van der Waals surface area contributed by atoms with E-state index in [0.717, 1.165) is 29.3 Å². The number of piperidine rings is 1. The van der Waals surface area contributed by atoms with E-state index in [-0.39, 0.29) is 54.2 Å². The Bertz CT molecular complexity index is 2640. The molecule has 1 saturated heterocycles. The van der Waals surface area contributed by atoms with Crippen molar-refractivity contribution in [2.24, 2.45) is 11.8 Å². The summed E-state index contributed by atoms with van der Waals surface area (Å²) in [5.41, 5.74) is 1.71. The summed E-state index contributed by atoms with van der Waals surface area (Å²) >= 11 is 0. The van der Waals surface area contributed by atoms with Crippen LogP contribution in [0.25, 0.3) is 22.5 Å². The van der Waals surface area contributed by atoms with Crippen molar-refractivity contribution >= 4 is 41.9 Å². The lowest BCUT2D eigenvalue weighted by atomic mass is 9.80. The highest BCUT2D eigenvalue weighted by atomic mass is 19.3. The zero-order valence-electron chi connectivity index (χ0n) is 43.1. The van der Waals surface area contributed by atoms with E-state index in [1.807, 2.05) is 69.2 Å². The van der Waals surface area contributed by atoms with Gasteiger partial charge in [-0.1, -0.05) is 30.3 Å². The Morgan fingerprint density at radius 2 is 1.43 bits per heavy atom. The fourth-order valence-corrected chi connectivity index (χ4v) is 8.86. The lowest BCUT2D eigenvalue weighted by Gasteiger charge is -2.34. The fraction of sp³-hybridized carbons (Fsp3) is 0.509. The van der Waals surface area contributed by atoms with Crippen LogP contribution in [0.1, 0.15) is 107 Å². The molecule has 1 aliphatic heterocycles. The predicted octanol–water partition coefficient (Wildman–Crippen LogP) is 8.09. The summed E-state index contributed by atoms with van der Waals surface area (Å²) < 4.78 is 68.8. The molecule has 2 heterocycles. The Balaban J connectivity index is 1.14. The van der Waals surface area contributed by atoms with E-state index in [1.54, 1.807) is 31.7 Å². The molecule has 17 nitrogen and oxygen atoms in total. The van der Waals surface area contributed by atoms with Gasteiger partial charge in [-0.15, -0.1) is 0 Å². The molecule has 3 aromatic carbocycles. The standard InChI is InChI=1S/C53H67F4N9O8/c1-32-27-38(43(68)61-40-23-25-66(26-24-40)48(72)74-50(5,6)7)19-22-41(32)35-13-9-33(10-14-35)28-51(31-67,63-44(69)37-15-11-34(12-16-37)29-59-47(71)73-49(2,3)4)30-60-39-20-17-36(18-21-39)42-62-45(65-64-42)52(54,55)53(56,57)46(70)58-8/h9-10,13-14,17-22,27,31,34,37,40,60H,11-12,15-16,23-26,28-30H2,1-8H3,(H,58,70)(H,59,71)(H,61,68)(H,63,69)(H,62,64,65). The summed E-state index contributed by atoms with van der Waals surface area (Å²) in [7, 11) is 0.804. The number of aldehydes is 1. The van der Waals surface area contributed by atoms with Gasteiger partial charge < -0.3 is 45.8 Å². The van der Waals surface area contributed by atoms with Gasteiger partial charge in [-0.2, -0.15) is 22.7 Å². The Hall–Kier alpha value is -7.06. The van der Waals surface area contributed by atoms with Crippen molar-refractivity contribution in [3.05, 3.63) is 89.2 Å². The minimum atomic E-state index is -5.12. The maximum Gasteiger partial charge on any atom is 0.410 e. The molecule has 5 amide bonds. The third-order valence-corrected chi connectivity index (χ3v) is 12.9. The monoisotopic (exact) mass is 1030 g/mol. The number of ether oxygens (including phenoxy) is 2. The Labute approximate surface area is 428 Å². The van der Waals surface area contributed by atoms with Gasteiger partial charge in [0, 0.05) is 68.4 Å². The van der Waals surface area contributed by atoms with Crippen LogP contribution >= 0.6 is 0 Å². The average Bonchev–Trinajstić information content (AvgIpc) is 3.86. The Morgan fingerprint density at radius 3 is 2.01 bits per heavy atom. The van der Waals surface area contributed by atoms with Crippen molar-refractivity contribution in [3.8, 4) is 22.5 Å². The lowest BCUT2D eigenvalue weighted by Crippen LogP contribution is -2.57. The third kappa shape index (κ3) is 14.4. The van der Waals surface area contributed by atoms with Crippen LogP contribution in [0.4, 0.5) is 32.8 Å². The molecule has 0 bridgehead atoms. The van der Waals surface area contributed by atoms with E-state index in [9.17, 15) is 46.3 Å². The molecule has 21 heteroatoms. The molecule has 1 atom stereocenters. The molecule has 6 rings (SSSR count). The first kappa shape index (κ1) is 56.2. The second-order valence-electron chi connectivity index (χ2n) is 21.1. The first-order valence-corrected chi connectivity index (χ1v) is 24.7. The number of nitrogens with one attached hydrogen (secondary N) is 6. The molecule has 0 radical (unpaired) electrons. The second-order valence-corrected chi connectivity index (χ2v) is 21.1. The van der Waals surface area contributed by atoms with Crippen molar-refractivity contribution in [3.63, 3.8) is 0 Å². The normalized spacial score (nSPS) is 17.5. The number of rotatable bonds is 17. The number of carbonyl (C=O) groups is 6. The molecule has 6 N–H and O–H groups in total. The van der Waals surface area contributed by atoms with Crippen LogP contribution < -0.4 is 26.6 Å². The number of hydrogen-bond donors (Lipinski definition) is 6. The van der Waals surface area contributed by atoms with Crippen molar-refractivity contribution in [2.45, 2.75) is 128 Å². The molecule has 0 spiro atoms. The molecule has 400 valence electrons. The molecule has 1 aromatic heterocycles. The third-order valence-electron chi connectivity index (χ3n) is 12.9. The molecule has 2 aliphatic rings. The van der Waals surface area contributed by atoms with Gasteiger partial charge in [-0.05, 0) is 152 Å². The van der Waals surface area contributed by atoms with Crippen molar-refractivity contribution < 1.29 is 55.8 Å². The van der Waals surface area contributed by atoms with E-state index in [2.05, 4.69) is 31.3 Å². The number of alkyl halides is 4. The highest BCUT2D eigenvalue weighted by Crippen LogP contribution is 2.42. The highest BCUT2D eigenvalue weighted by Gasteiger charge is 2.65. The number of carbonyl (C=O) groups excluding carboxylic acids is 6. The van der Waals surface area contributed by atoms with Crippen LogP contribution in [0.15, 0.2) is 66.7 Å². The van der Waals surface area contributed by atoms with Crippen LogP contribution in [0.3, 0.4) is 0 Å². The van der Waals surface area contributed by atoms with Gasteiger partial charge in [0.1, 0.15) is 23.0 Å². The molecule has 1 unspecified atom stereocenters. The van der Waals surface area contributed by atoms with Gasteiger partial charge in [0.2, 0.25) is 11.7 Å². The van der Waals surface area contributed by atoms with Crippen molar-refractivity contribution in [1.29, 1.82) is 0 Å². The Kier molecular flexibility index (Phi) is 17.5. The highest BCUT2D eigenvalue weighted by molar-refractivity contribution is 5.95. The molecular weight excluding hydrogens is 967 g/mol. The minimum Gasteiger partial charge on any atom is -0.444 e. The SMILES string of the molecule is CNC(=O)C(F)(F)C(F)(F)c1nc(-c2ccc(NCC(C=O)(Cc3ccc(-c4ccc(C(=O)NC5CCN(C(=O)OC(C)(C)C)CC5)cc4C)cc3)NC(=O)C3CCC(CNC(=O)OC(C)(C)C)CC3)cc2)n[nH]1. The van der Waals surface area contributed by atoms with E-state index in [4.69, 9.17) is 9.47 Å². The summed E-state index contributed by atoms with van der Waals surface area (Å²) in [6.07, 6.45) is 3.47. The van der Waals surface area contributed by atoms with Crippen LogP contribution in [-0.4, -0.2) is 118 Å². The topological polar surface area (TPSA) is 226 Å². The number of anilines is 1. The van der Waals surface area contributed by atoms with E-state index in [0.29, 0.717) is 75.7 Å². The van der Waals surface area contributed by atoms with Gasteiger partial charge in [0.25, 0.3) is 11.8 Å². The van der Waals surface area contributed by atoms with Gasteiger partial charge in [-0.3, -0.25) is 19.5 Å². The molecule has 1 aliphatic carbocycles. The van der Waals surface area contributed by atoms with Crippen LogP contribution in [0.5, 0.6) is 0 Å². The zero-order valence-corrected chi connectivity index (χ0v) is 43.1. The largest absolute Gasteiger partial charge is 0.444 e. The second kappa shape index (κ2) is 23.0. The minimum absolute atomic E-state index is 0.0758. The number of aromatic amines is 1. The summed E-state index contributed by atoms with van der Waals surface area (Å²) in [5, 5.41) is 19.2. The quantitative estimate of drug-likeness (QED) is 0.0438. The van der Waals surface area contributed by atoms with Crippen molar-refractivity contribution in [2.75, 3.05) is 38.5 Å². The summed E-state index contributed by atoms with van der Waals surface area (Å²) in [6, 6.07) is 18.8. The lowest BCUT2D eigenvalue weighted by molar-refractivity contribution is -0.218. The molecule has 74 heavy (non-hydrogen) atoms. The van der Waals surface area contributed by atoms with Crippen molar-refractivity contribution in [1.82, 2.24) is 41.3 Å². The average molecular weight is 1030 g/mol. The predicted molar refractivity (Wildman–Crippen MR) is 268 cm³/mol. The summed E-state index contributed by atoms with van der Waals surface area (Å²) in [4.78, 5) is 82.3. The number of nitrogens with zero attached hydrogens (tertiary/aromatic N) is 3. The number of likely N-dealkylation sites (tertiary alicyclic amines) is 1. The maximum absolute atomic E-state index is 14.7. The number of halogens is 4. The van der Waals surface area contributed by atoms with Crippen LogP contribution in [0.2, 0.25) is 0 Å². The molecule has 4 aromatic rings. The number of hydrogen-bond acceptors (Lipinski definition) is 11.